The van der Waals surface area contributed by atoms with Crippen molar-refractivity contribution in [2.75, 3.05) is 13.1 Å². The SMILES string of the molecule is CCCN1C=CN(CC)C1Cc1ccccc1. The zero-order chi connectivity index (χ0) is 12.1. The van der Waals surface area contributed by atoms with Crippen LogP contribution in [0, 0.1) is 0 Å². The lowest BCUT2D eigenvalue weighted by atomic mass is 10.1. The molecule has 92 valence electrons. The molecular formula is C15H22N2. The number of likely N-dealkylation sites (N-methyl/N-ethyl adjacent to an activating group) is 1. The van der Waals surface area contributed by atoms with Gasteiger partial charge in [-0.1, -0.05) is 37.3 Å². The van der Waals surface area contributed by atoms with Gasteiger partial charge in [-0.25, -0.2) is 0 Å². The standard InChI is InChI=1S/C15H22N2/c1-3-10-17-12-11-16(4-2)15(17)13-14-8-6-5-7-9-14/h5-9,11-12,15H,3-4,10,13H2,1-2H3. The van der Waals surface area contributed by atoms with Gasteiger partial charge in [-0.15, -0.1) is 0 Å². The Labute approximate surface area is 105 Å². The average molecular weight is 230 g/mol. The molecule has 0 fully saturated rings. The first-order chi connectivity index (χ1) is 8.35. The summed E-state index contributed by atoms with van der Waals surface area (Å²) in [6.45, 7) is 6.68. The molecule has 0 amide bonds. The van der Waals surface area contributed by atoms with E-state index in [0.717, 1.165) is 19.5 Å². The first-order valence-corrected chi connectivity index (χ1v) is 6.59. The Bertz CT molecular complexity index is 358. The predicted molar refractivity (Wildman–Crippen MR) is 72.5 cm³/mol. The smallest absolute Gasteiger partial charge is 0.105 e. The third-order valence-electron chi connectivity index (χ3n) is 3.32. The molecule has 2 rings (SSSR count). The highest BCUT2D eigenvalue weighted by molar-refractivity contribution is 5.17. The lowest BCUT2D eigenvalue weighted by molar-refractivity contribution is 0.157. The van der Waals surface area contributed by atoms with Gasteiger partial charge in [0.15, 0.2) is 0 Å². The molecule has 0 aromatic heterocycles. The molecule has 2 heteroatoms. The Morgan fingerprint density at radius 3 is 2.35 bits per heavy atom. The maximum absolute atomic E-state index is 2.45. The van der Waals surface area contributed by atoms with Gasteiger partial charge in [-0.2, -0.15) is 0 Å². The van der Waals surface area contributed by atoms with Crippen LogP contribution in [-0.2, 0) is 6.42 Å². The molecule has 0 spiro atoms. The first-order valence-electron chi connectivity index (χ1n) is 6.59. The van der Waals surface area contributed by atoms with Gasteiger partial charge in [0.05, 0.1) is 0 Å². The van der Waals surface area contributed by atoms with E-state index in [-0.39, 0.29) is 0 Å². The van der Waals surface area contributed by atoms with Crippen LogP contribution in [0.15, 0.2) is 42.7 Å². The van der Waals surface area contributed by atoms with Crippen LogP contribution >= 0.6 is 0 Å². The molecule has 2 nitrogen and oxygen atoms in total. The number of nitrogens with zero attached hydrogens (tertiary/aromatic N) is 2. The molecule has 1 aromatic rings. The number of rotatable bonds is 5. The minimum absolute atomic E-state index is 0.502. The molecule has 1 unspecified atom stereocenters. The topological polar surface area (TPSA) is 6.48 Å². The lowest BCUT2D eigenvalue weighted by Crippen LogP contribution is -2.40. The van der Waals surface area contributed by atoms with E-state index in [1.165, 1.54) is 12.0 Å². The van der Waals surface area contributed by atoms with Crippen LogP contribution in [0.3, 0.4) is 0 Å². The normalized spacial score (nSPS) is 19.1. The van der Waals surface area contributed by atoms with E-state index < -0.39 is 0 Å². The molecule has 1 aliphatic rings. The van der Waals surface area contributed by atoms with Crippen LogP contribution in [-0.4, -0.2) is 29.1 Å². The zero-order valence-electron chi connectivity index (χ0n) is 10.8. The van der Waals surface area contributed by atoms with Crippen molar-refractivity contribution in [3.63, 3.8) is 0 Å². The molecule has 0 aliphatic carbocycles. The van der Waals surface area contributed by atoms with Gasteiger partial charge in [0, 0.05) is 31.9 Å². The van der Waals surface area contributed by atoms with Crippen LogP contribution in [0.2, 0.25) is 0 Å². The number of hydrogen-bond donors (Lipinski definition) is 0. The van der Waals surface area contributed by atoms with E-state index in [0.29, 0.717) is 6.17 Å². The van der Waals surface area contributed by atoms with Gasteiger partial charge in [0.25, 0.3) is 0 Å². The van der Waals surface area contributed by atoms with E-state index in [2.05, 4.69) is 66.4 Å². The highest BCUT2D eigenvalue weighted by atomic mass is 15.4. The summed E-state index contributed by atoms with van der Waals surface area (Å²) in [5.74, 6) is 0. The monoisotopic (exact) mass is 230 g/mol. The van der Waals surface area contributed by atoms with Gasteiger partial charge in [-0.3, -0.25) is 0 Å². The summed E-state index contributed by atoms with van der Waals surface area (Å²) < 4.78 is 0. The van der Waals surface area contributed by atoms with Crippen molar-refractivity contribution < 1.29 is 0 Å². The molecule has 1 atom stereocenters. The van der Waals surface area contributed by atoms with Crippen molar-refractivity contribution in [3.8, 4) is 0 Å². The Morgan fingerprint density at radius 1 is 1.00 bits per heavy atom. The zero-order valence-corrected chi connectivity index (χ0v) is 10.8. The Hall–Kier alpha value is -1.44. The van der Waals surface area contributed by atoms with Crippen LogP contribution in [0.4, 0.5) is 0 Å². The minimum Gasteiger partial charge on any atom is -0.356 e. The van der Waals surface area contributed by atoms with Crippen LogP contribution in [0.25, 0.3) is 0 Å². The fourth-order valence-corrected chi connectivity index (χ4v) is 2.42. The minimum atomic E-state index is 0.502. The fraction of sp³-hybridized carbons (Fsp3) is 0.467. The summed E-state index contributed by atoms with van der Waals surface area (Å²) in [5.41, 5.74) is 1.42. The van der Waals surface area contributed by atoms with E-state index in [1.54, 1.807) is 0 Å². The maximum atomic E-state index is 2.45. The highest BCUT2D eigenvalue weighted by Crippen LogP contribution is 2.19. The Morgan fingerprint density at radius 2 is 1.71 bits per heavy atom. The van der Waals surface area contributed by atoms with Crippen LogP contribution in [0.1, 0.15) is 25.8 Å². The highest BCUT2D eigenvalue weighted by Gasteiger charge is 2.24. The first kappa shape index (κ1) is 12.0. The second-order valence-corrected chi connectivity index (χ2v) is 4.54. The second-order valence-electron chi connectivity index (χ2n) is 4.54. The molecule has 0 saturated heterocycles. The van der Waals surface area contributed by atoms with Gasteiger partial charge in [0.2, 0.25) is 0 Å². The van der Waals surface area contributed by atoms with E-state index in [1.807, 2.05) is 0 Å². The van der Waals surface area contributed by atoms with Crippen molar-refractivity contribution in [2.24, 2.45) is 0 Å². The quantitative estimate of drug-likeness (QED) is 0.767. The van der Waals surface area contributed by atoms with Gasteiger partial charge in [-0.05, 0) is 18.9 Å². The molecular weight excluding hydrogens is 208 g/mol. The third-order valence-corrected chi connectivity index (χ3v) is 3.32. The van der Waals surface area contributed by atoms with Crippen molar-refractivity contribution in [1.29, 1.82) is 0 Å². The second kappa shape index (κ2) is 5.76. The van der Waals surface area contributed by atoms with Crippen LogP contribution in [0.5, 0.6) is 0 Å². The molecule has 0 N–H and O–H groups in total. The van der Waals surface area contributed by atoms with Crippen molar-refractivity contribution >= 4 is 0 Å². The van der Waals surface area contributed by atoms with E-state index >= 15 is 0 Å². The third kappa shape index (κ3) is 2.82. The summed E-state index contributed by atoms with van der Waals surface area (Å²) in [7, 11) is 0. The van der Waals surface area contributed by atoms with Gasteiger partial charge in [0.1, 0.15) is 6.17 Å². The summed E-state index contributed by atoms with van der Waals surface area (Å²) >= 11 is 0. The van der Waals surface area contributed by atoms with E-state index in [4.69, 9.17) is 0 Å². The molecule has 17 heavy (non-hydrogen) atoms. The van der Waals surface area contributed by atoms with Crippen molar-refractivity contribution in [3.05, 3.63) is 48.3 Å². The molecule has 0 radical (unpaired) electrons. The molecule has 0 saturated carbocycles. The molecule has 1 aromatic carbocycles. The number of benzene rings is 1. The Balaban J connectivity index is 2.06. The average Bonchev–Trinajstić information content (AvgIpc) is 2.74. The molecule has 1 aliphatic heterocycles. The Kier molecular flexibility index (Phi) is 4.08. The maximum Gasteiger partial charge on any atom is 0.105 e. The largest absolute Gasteiger partial charge is 0.356 e. The molecule has 0 bridgehead atoms. The summed E-state index contributed by atoms with van der Waals surface area (Å²) in [4.78, 5) is 4.87. The van der Waals surface area contributed by atoms with Crippen LogP contribution < -0.4 is 0 Å². The summed E-state index contributed by atoms with van der Waals surface area (Å²) in [5, 5.41) is 0. The van der Waals surface area contributed by atoms with E-state index in [9.17, 15) is 0 Å². The number of hydrogen-bond acceptors (Lipinski definition) is 2. The van der Waals surface area contributed by atoms with Gasteiger partial charge < -0.3 is 9.80 Å². The summed E-state index contributed by atoms with van der Waals surface area (Å²) in [6, 6.07) is 10.8. The fourth-order valence-electron chi connectivity index (χ4n) is 2.42. The van der Waals surface area contributed by atoms with Crippen molar-refractivity contribution in [1.82, 2.24) is 9.80 Å². The molecule has 1 heterocycles. The summed E-state index contributed by atoms with van der Waals surface area (Å²) in [6.07, 6.45) is 7.26. The van der Waals surface area contributed by atoms with Gasteiger partial charge >= 0.3 is 0 Å². The van der Waals surface area contributed by atoms with Crippen molar-refractivity contribution in [2.45, 2.75) is 32.9 Å². The lowest BCUT2D eigenvalue weighted by Gasteiger charge is -2.32. The predicted octanol–water partition coefficient (Wildman–Crippen LogP) is 3.07.